The first kappa shape index (κ1) is 19.2. The molecule has 0 saturated heterocycles. The predicted octanol–water partition coefficient (Wildman–Crippen LogP) is 3.42. The van der Waals surface area contributed by atoms with E-state index in [0.717, 1.165) is 0 Å². The Bertz CT molecular complexity index is 883. The van der Waals surface area contributed by atoms with Crippen LogP contribution < -0.4 is 14.9 Å². The highest BCUT2D eigenvalue weighted by atomic mass is 35.5. The molecule has 0 radical (unpaired) electrons. The smallest absolute Gasteiger partial charge is 0.288 e. The molecule has 0 heterocycles. The molecule has 0 atom stereocenters. The summed E-state index contributed by atoms with van der Waals surface area (Å²) >= 11 is 5.78. The average molecular weight is 378 g/mol. The fraction of sp³-hybridized carbons (Fsp3) is 0.176. The van der Waals surface area contributed by atoms with Crippen molar-refractivity contribution in [2.24, 2.45) is 5.10 Å². The van der Waals surface area contributed by atoms with Crippen molar-refractivity contribution >= 4 is 28.9 Å². The summed E-state index contributed by atoms with van der Waals surface area (Å²) in [6.45, 7) is 1.61. The summed E-state index contributed by atoms with van der Waals surface area (Å²) in [5.41, 5.74) is 3.34. The molecule has 1 amide bonds. The van der Waals surface area contributed by atoms with Gasteiger partial charge in [-0.05, 0) is 31.2 Å². The summed E-state index contributed by atoms with van der Waals surface area (Å²) in [5.74, 6) is 0.445. The third-order valence-corrected chi connectivity index (χ3v) is 3.85. The minimum absolute atomic E-state index is 0.0286. The van der Waals surface area contributed by atoms with Gasteiger partial charge in [0, 0.05) is 17.2 Å². The number of hydrogen-bond donors (Lipinski definition) is 1. The van der Waals surface area contributed by atoms with E-state index in [1.54, 1.807) is 25.1 Å². The number of nitro benzene ring substituents is 1. The Hall–Kier alpha value is -3.13. The zero-order valence-corrected chi connectivity index (χ0v) is 15.0. The summed E-state index contributed by atoms with van der Waals surface area (Å²) in [4.78, 5) is 22.6. The summed E-state index contributed by atoms with van der Waals surface area (Å²) in [6, 6.07) is 8.97. The summed E-state index contributed by atoms with van der Waals surface area (Å²) < 4.78 is 10.3. The van der Waals surface area contributed by atoms with Gasteiger partial charge < -0.3 is 9.47 Å². The van der Waals surface area contributed by atoms with Crippen LogP contribution in [0.25, 0.3) is 0 Å². The molecule has 0 unspecified atom stereocenters. The fourth-order valence-electron chi connectivity index (χ4n) is 2.12. The van der Waals surface area contributed by atoms with Crippen molar-refractivity contribution < 1.29 is 19.2 Å². The van der Waals surface area contributed by atoms with Gasteiger partial charge in [-0.3, -0.25) is 14.9 Å². The van der Waals surface area contributed by atoms with Crippen LogP contribution in [0.3, 0.4) is 0 Å². The van der Waals surface area contributed by atoms with E-state index in [-0.39, 0.29) is 10.7 Å². The Morgan fingerprint density at radius 1 is 1.12 bits per heavy atom. The van der Waals surface area contributed by atoms with E-state index in [1.165, 1.54) is 32.4 Å². The number of benzene rings is 2. The van der Waals surface area contributed by atoms with E-state index in [2.05, 4.69) is 10.5 Å². The van der Waals surface area contributed by atoms with Crippen molar-refractivity contribution in [3.8, 4) is 11.5 Å². The lowest BCUT2D eigenvalue weighted by Gasteiger charge is -2.09. The van der Waals surface area contributed by atoms with Crippen LogP contribution in [0.1, 0.15) is 22.8 Å². The maximum atomic E-state index is 12.2. The number of methoxy groups -OCH3 is 2. The number of hydrazone groups is 1. The van der Waals surface area contributed by atoms with Crippen LogP contribution >= 0.6 is 11.6 Å². The third-order valence-electron chi connectivity index (χ3n) is 3.53. The second kappa shape index (κ2) is 8.30. The van der Waals surface area contributed by atoms with Crippen molar-refractivity contribution in [1.82, 2.24) is 5.43 Å². The Morgan fingerprint density at radius 3 is 2.38 bits per heavy atom. The number of carbonyl (C=O) groups is 1. The van der Waals surface area contributed by atoms with Crippen molar-refractivity contribution in [2.75, 3.05) is 14.2 Å². The van der Waals surface area contributed by atoms with Crippen LogP contribution in [0.2, 0.25) is 5.02 Å². The molecule has 0 aliphatic heterocycles. The van der Waals surface area contributed by atoms with Gasteiger partial charge in [-0.2, -0.15) is 5.10 Å². The molecule has 2 aromatic carbocycles. The number of amides is 1. The van der Waals surface area contributed by atoms with E-state index >= 15 is 0 Å². The number of nitro groups is 1. The van der Waals surface area contributed by atoms with Crippen molar-refractivity contribution in [3.63, 3.8) is 0 Å². The molecule has 0 fully saturated rings. The Labute approximate surface area is 154 Å². The van der Waals surface area contributed by atoms with E-state index in [0.29, 0.717) is 28.3 Å². The second-order valence-electron chi connectivity index (χ2n) is 5.13. The fourth-order valence-corrected chi connectivity index (χ4v) is 2.31. The zero-order valence-electron chi connectivity index (χ0n) is 14.3. The molecule has 8 nitrogen and oxygen atoms in total. The number of nitrogens with zero attached hydrogens (tertiary/aromatic N) is 2. The molecule has 0 aliphatic carbocycles. The van der Waals surface area contributed by atoms with Crippen LogP contribution in [0, 0.1) is 10.1 Å². The second-order valence-corrected chi connectivity index (χ2v) is 5.54. The molecule has 2 rings (SSSR count). The predicted molar refractivity (Wildman–Crippen MR) is 97.3 cm³/mol. The molecule has 136 valence electrons. The van der Waals surface area contributed by atoms with Gasteiger partial charge in [-0.1, -0.05) is 17.7 Å². The van der Waals surface area contributed by atoms with Crippen LogP contribution in [-0.4, -0.2) is 30.8 Å². The highest BCUT2D eigenvalue weighted by molar-refractivity contribution is 6.32. The Morgan fingerprint density at radius 2 is 1.77 bits per heavy atom. The van der Waals surface area contributed by atoms with Crippen LogP contribution in [0.15, 0.2) is 41.5 Å². The number of hydrogen-bond acceptors (Lipinski definition) is 6. The van der Waals surface area contributed by atoms with E-state index in [1.807, 2.05) is 0 Å². The zero-order chi connectivity index (χ0) is 19.3. The maximum absolute atomic E-state index is 12.2. The quantitative estimate of drug-likeness (QED) is 0.472. The van der Waals surface area contributed by atoms with Crippen molar-refractivity contribution in [2.45, 2.75) is 6.92 Å². The van der Waals surface area contributed by atoms with E-state index in [4.69, 9.17) is 21.1 Å². The molecule has 0 aromatic heterocycles. The minimum Gasteiger partial charge on any atom is -0.493 e. The summed E-state index contributed by atoms with van der Waals surface area (Å²) in [6.07, 6.45) is 0. The highest BCUT2D eigenvalue weighted by Crippen LogP contribution is 2.27. The molecular weight excluding hydrogens is 362 g/mol. The molecule has 0 bridgehead atoms. The lowest BCUT2D eigenvalue weighted by Crippen LogP contribution is -2.19. The SMILES string of the molecule is COc1ccc(C(=O)N/N=C(\C)c2ccc(Cl)c([N+](=O)[O-])c2)cc1OC. The number of halogens is 1. The van der Waals surface area contributed by atoms with Crippen molar-refractivity contribution in [3.05, 3.63) is 62.7 Å². The Kier molecular flexibility index (Phi) is 6.13. The molecule has 0 saturated carbocycles. The lowest BCUT2D eigenvalue weighted by molar-refractivity contribution is -0.384. The largest absolute Gasteiger partial charge is 0.493 e. The first-order chi connectivity index (χ1) is 12.4. The van der Waals surface area contributed by atoms with Gasteiger partial charge >= 0.3 is 0 Å². The third kappa shape index (κ3) is 4.28. The monoisotopic (exact) mass is 377 g/mol. The minimum atomic E-state index is -0.582. The Balaban J connectivity index is 2.20. The van der Waals surface area contributed by atoms with Crippen molar-refractivity contribution in [1.29, 1.82) is 0 Å². The molecule has 9 heteroatoms. The number of carbonyl (C=O) groups excluding carboxylic acids is 1. The van der Waals surface area contributed by atoms with Crippen LogP contribution in [0.5, 0.6) is 11.5 Å². The van der Waals surface area contributed by atoms with E-state index in [9.17, 15) is 14.9 Å². The number of rotatable bonds is 6. The van der Waals surface area contributed by atoms with Gasteiger partial charge in [0.1, 0.15) is 5.02 Å². The molecule has 1 N–H and O–H groups in total. The number of ether oxygens (including phenoxy) is 2. The number of nitrogens with one attached hydrogen (secondary N) is 1. The molecule has 26 heavy (non-hydrogen) atoms. The standard InChI is InChI=1S/C17H16ClN3O5/c1-10(11-4-6-13(18)14(8-11)21(23)24)19-20-17(22)12-5-7-15(25-2)16(9-12)26-3/h4-9H,1-3H3,(H,20,22)/b19-10+. The van der Waals surface area contributed by atoms with Crippen LogP contribution in [-0.2, 0) is 0 Å². The first-order valence-electron chi connectivity index (χ1n) is 7.38. The van der Waals surface area contributed by atoms with Gasteiger partial charge in [0.15, 0.2) is 11.5 Å². The van der Waals surface area contributed by atoms with Gasteiger partial charge in [-0.25, -0.2) is 5.43 Å². The maximum Gasteiger partial charge on any atom is 0.288 e. The lowest BCUT2D eigenvalue weighted by atomic mass is 10.1. The first-order valence-corrected chi connectivity index (χ1v) is 7.76. The topological polar surface area (TPSA) is 103 Å². The molecule has 0 spiro atoms. The van der Waals surface area contributed by atoms with Gasteiger partial charge in [0.05, 0.1) is 24.9 Å². The normalized spacial score (nSPS) is 11.0. The van der Waals surface area contributed by atoms with Gasteiger partial charge in [-0.15, -0.1) is 0 Å². The highest BCUT2D eigenvalue weighted by Gasteiger charge is 2.14. The summed E-state index contributed by atoms with van der Waals surface area (Å²) in [5, 5.41) is 15.0. The van der Waals surface area contributed by atoms with Gasteiger partial charge in [0.2, 0.25) is 0 Å². The average Bonchev–Trinajstić information content (AvgIpc) is 2.65. The van der Waals surface area contributed by atoms with Crippen LogP contribution in [0.4, 0.5) is 5.69 Å². The summed E-state index contributed by atoms with van der Waals surface area (Å²) in [7, 11) is 2.96. The molecule has 2 aromatic rings. The molecule has 0 aliphatic rings. The van der Waals surface area contributed by atoms with E-state index < -0.39 is 10.8 Å². The van der Waals surface area contributed by atoms with Gasteiger partial charge in [0.25, 0.3) is 11.6 Å². The molecular formula is C17H16ClN3O5.